The minimum absolute atomic E-state index is 0.0689. The lowest BCUT2D eigenvalue weighted by Gasteiger charge is -2.30. The predicted octanol–water partition coefficient (Wildman–Crippen LogP) is 0.971. The second-order valence-corrected chi connectivity index (χ2v) is 11.4. The molecule has 0 saturated carbocycles. The van der Waals surface area contributed by atoms with E-state index in [0.29, 0.717) is 12.0 Å². The van der Waals surface area contributed by atoms with Crippen LogP contribution in [0.25, 0.3) is 0 Å². The Labute approximate surface area is 280 Å². The standard InChI is InChI=1S/C32H38N6O11/c1-19(33-26(39)14-16-28(42)43)29(44)35-23(13-15-27(40)41)32(47)37-17-5-8-25(37)31(46)36-24(18-20-6-3-2-4-7-20)30(45)34-21-9-11-22(12-10-21)38(48)49/h2-4,6-7,9-12,19,23-25H,5,8,13-18H2,1H3,(H,33,39)(H,34,45)(H,35,44)(H,36,46)(H,40,41)(H,42,43)/t19-,23-,24-,25-/m0/s1. The molecular weight excluding hydrogens is 644 g/mol. The minimum atomic E-state index is -1.37. The number of nitro groups is 1. The van der Waals surface area contributed by atoms with Crippen molar-refractivity contribution in [2.75, 3.05) is 11.9 Å². The van der Waals surface area contributed by atoms with Crippen LogP contribution in [0.1, 0.15) is 51.0 Å². The molecule has 0 aliphatic carbocycles. The fourth-order valence-corrected chi connectivity index (χ4v) is 5.15. The number of carboxylic acids is 2. The number of aliphatic carboxylic acids is 2. The molecule has 0 radical (unpaired) electrons. The van der Waals surface area contributed by atoms with Crippen molar-refractivity contribution in [2.45, 2.75) is 76.0 Å². The van der Waals surface area contributed by atoms with Gasteiger partial charge in [0.05, 0.1) is 11.3 Å². The van der Waals surface area contributed by atoms with Gasteiger partial charge in [0.25, 0.3) is 5.69 Å². The summed E-state index contributed by atoms with van der Waals surface area (Å²) in [4.78, 5) is 99.4. The Balaban J connectivity index is 1.75. The van der Waals surface area contributed by atoms with E-state index in [1.807, 2.05) is 0 Å². The van der Waals surface area contributed by atoms with Crippen LogP contribution < -0.4 is 21.3 Å². The van der Waals surface area contributed by atoms with Crippen molar-refractivity contribution in [1.82, 2.24) is 20.9 Å². The zero-order valence-electron chi connectivity index (χ0n) is 26.6. The number of anilines is 1. The number of carbonyl (C=O) groups is 7. The van der Waals surface area contributed by atoms with Gasteiger partial charge < -0.3 is 36.4 Å². The molecule has 262 valence electrons. The highest BCUT2D eigenvalue weighted by molar-refractivity contribution is 5.99. The monoisotopic (exact) mass is 682 g/mol. The van der Waals surface area contributed by atoms with Crippen LogP contribution in [0.3, 0.4) is 0 Å². The molecule has 1 aliphatic rings. The zero-order valence-corrected chi connectivity index (χ0v) is 26.6. The second-order valence-electron chi connectivity index (χ2n) is 11.4. The number of hydrogen-bond donors (Lipinski definition) is 6. The summed E-state index contributed by atoms with van der Waals surface area (Å²) in [5.41, 5.74) is 0.794. The SMILES string of the molecule is C[C@H](NC(=O)CCC(=O)O)C(=O)N[C@@H](CCC(=O)O)C(=O)N1CCC[C@H]1C(=O)N[C@@H](Cc1ccccc1)C(=O)Nc1ccc([N+](=O)[O-])cc1. The van der Waals surface area contributed by atoms with Gasteiger partial charge in [-0.3, -0.25) is 43.7 Å². The molecule has 17 nitrogen and oxygen atoms in total. The molecule has 4 atom stereocenters. The Morgan fingerprint density at radius 1 is 0.857 bits per heavy atom. The van der Waals surface area contributed by atoms with E-state index in [9.17, 15) is 48.8 Å². The summed E-state index contributed by atoms with van der Waals surface area (Å²) < 4.78 is 0. The van der Waals surface area contributed by atoms with Gasteiger partial charge in [-0.2, -0.15) is 0 Å². The molecule has 3 rings (SSSR count). The second kappa shape index (κ2) is 17.9. The zero-order chi connectivity index (χ0) is 36.1. The largest absolute Gasteiger partial charge is 0.481 e. The first-order chi connectivity index (χ1) is 23.2. The molecule has 6 N–H and O–H groups in total. The van der Waals surface area contributed by atoms with Crippen LogP contribution in [0.2, 0.25) is 0 Å². The van der Waals surface area contributed by atoms with Crippen molar-refractivity contribution in [3.8, 4) is 0 Å². The first-order valence-corrected chi connectivity index (χ1v) is 15.5. The smallest absolute Gasteiger partial charge is 0.303 e. The summed E-state index contributed by atoms with van der Waals surface area (Å²) in [6, 6.07) is 9.20. The third-order valence-corrected chi connectivity index (χ3v) is 7.70. The number of non-ortho nitro benzene ring substituents is 1. The molecule has 1 saturated heterocycles. The number of likely N-dealkylation sites (tertiary alicyclic amines) is 1. The van der Waals surface area contributed by atoms with E-state index in [0.717, 1.165) is 0 Å². The molecule has 49 heavy (non-hydrogen) atoms. The van der Waals surface area contributed by atoms with Gasteiger partial charge in [-0.05, 0) is 43.9 Å². The molecule has 0 bridgehead atoms. The van der Waals surface area contributed by atoms with Gasteiger partial charge >= 0.3 is 11.9 Å². The van der Waals surface area contributed by atoms with Crippen molar-refractivity contribution in [1.29, 1.82) is 0 Å². The van der Waals surface area contributed by atoms with Crippen molar-refractivity contribution in [2.24, 2.45) is 0 Å². The van der Waals surface area contributed by atoms with E-state index >= 15 is 0 Å². The van der Waals surface area contributed by atoms with Crippen LogP contribution in [0.4, 0.5) is 11.4 Å². The summed E-state index contributed by atoms with van der Waals surface area (Å²) in [6.07, 6.45) is -0.965. The first-order valence-electron chi connectivity index (χ1n) is 15.5. The number of carbonyl (C=O) groups excluding carboxylic acids is 5. The van der Waals surface area contributed by atoms with E-state index in [1.54, 1.807) is 30.3 Å². The lowest BCUT2D eigenvalue weighted by Crippen LogP contribution is -2.57. The highest BCUT2D eigenvalue weighted by Crippen LogP contribution is 2.21. The van der Waals surface area contributed by atoms with Gasteiger partial charge in [0.2, 0.25) is 29.5 Å². The first kappa shape index (κ1) is 37.6. The normalized spacial score (nSPS) is 15.6. The quantitative estimate of drug-likeness (QED) is 0.101. The number of nitrogens with one attached hydrogen (secondary N) is 4. The highest BCUT2D eigenvalue weighted by atomic mass is 16.6. The molecule has 2 aromatic carbocycles. The number of benzene rings is 2. The lowest BCUT2D eigenvalue weighted by molar-refractivity contribution is -0.384. The van der Waals surface area contributed by atoms with E-state index < -0.39 is 83.4 Å². The van der Waals surface area contributed by atoms with Gasteiger partial charge in [0.15, 0.2) is 0 Å². The van der Waals surface area contributed by atoms with E-state index in [1.165, 1.54) is 36.1 Å². The Kier molecular flexibility index (Phi) is 13.7. The van der Waals surface area contributed by atoms with E-state index in [-0.39, 0.29) is 43.6 Å². The van der Waals surface area contributed by atoms with E-state index in [2.05, 4.69) is 21.3 Å². The van der Waals surface area contributed by atoms with Crippen LogP contribution in [0, 0.1) is 10.1 Å². The Bertz CT molecular complexity index is 1550. The molecule has 5 amide bonds. The molecular formula is C32H38N6O11. The Hall–Kier alpha value is -5.87. The number of hydrogen-bond acceptors (Lipinski definition) is 9. The van der Waals surface area contributed by atoms with E-state index in [4.69, 9.17) is 5.11 Å². The summed E-state index contributed by atoms with van der Waals surface area (Å²) in [5.74, 6) is -5.98. The predicted molar refractivity (Wildman–Crippen MR) is 172 cm³/mol. The molecule has 0 spiro atoms. The number of nitrogens with zero attached hydrogens (tertiary/aromatic N) is 2. The van der Waals surface area contributed by atoms with Crippen molar-refractivity contribution >= 4 is 52.8 Å². The van der Waals surface area contributed by atoms with Crippen LogP contribution >= 0.6 is 0 Å². The number of nitro benzene ring substituents is 1. The molecule has 1 heterocycles. The topological polar surface area (TPSA) is 254 Å². The lowest BCUT2D eigenvalue weighted by atomic mass is 10.0. The van der Waals surface area contributed by atoms with Crippen molar-refractivity contribution in [3.05, 3.63) is 70.3 Å². The minimum Gasteiger partial charge on any atom is -0.481 e. The van der Waals surface area contributed by atoms with Crippen LogP contribution in [-0.4, -0.2) is 92.2 Å². The van der Waals surface area contributed by atoms with Gasteiger partial charge in [-0.25, -0.2) is 0 Å². The summed E-state index contributed by atoms with van der Waals surface area (Å²) in [5, 5.41) is 39.1. The summed E-state index contributed by atoms with van der Waals surface area (Å²) >= 11 is 0. The van der Waals surface area contributed by atoms with Crippen LogP contribution in [0.15, 0.2) is 54.6 Å². The highest BCUT2D eigenvalue weighted by Gasteiger charge is 2.39. The fraction of sp³-hybridized carbons (Fsp3) is 0.406. The average molecular weight is 683 g/mol. The number of carboxylic acid groups (broad SMARTS) is 2. The molecule has 1 fully saturated rings. The third-order valence-electron chi connectivity index (χ3n) is 7.70. The van der Waals surface area contributed by atoms with Gasteiger partial charge in [0.1, 0.15) is 24.2 Å². The van der Waals surface area contributed by atoms with Gasteiger partial charge in [0, 0.05) is 43.6 Å². The number of amides is 5. The molecule has 1 aliphatic heterocycles. The molecule has 2 aromatic rings. The Morgan fingerprint density at radius 3 is 2.12 bits per heavy atom. The molecule has 17 heteroatoms. The fourth-order valence-electron chi connectivity index (χ4n) is 5.15. The van der Waals surface area contributed by atoms with Crippen LogP contribution in [-0.2, 0) is 40.0 Å². The summed E-state index contributed by atoms with van der Waals surface area (Å²) in [7, 11) is 0. The van der Waals surface area contributed by atoms with Crippen molar-refractivity contribution in [3.63, 3.8) is 0 Å². The average Bonchev–Trinajstić information content (AvgIpc) is 3.56. The third kappa shape index (κ3) is 11.7. The van der Waals surface area contributed by atoms with Gasteiger partial charge in [-0.15, -0.1) is 0 Å². The van der Waals surface area contributed by atoms with Crippen molar-refractivity contribution < 1.29 is 48.7 Å². The Morgan fingerprint density at radius 2 is 1.51 bits per heavy atom. The number of rotatable bonds is 17. The maximum Gasteiger partial charge on any atom is 0.303 e. The molecule has 0 aromatic heterocycles. The van der Waals surface area contributed by atoms with Crippen LogP contribution in [0.5, 0.6) is 0 Å². The maximum absolute atomic E-state index is 13.7. The van der Waals surface area contributed by atoms with Gasteiger partial charge in [-0.1, -0.05) is 30.3 Å². The summed E-state index contributed by atoms with van der Waals surface area (Å²) in [6.45, 7) is 1.42. The maximum atomic E-state index is 13.7. The molecule has 0 unspecified atom stereocenters.